The van der Waals surface area contributed by atoms with E-state index in [0.717, 1.165) is 13.1 Å². The summed E-state index contributed by atoms with van der Waals surface area (Å²) in [5.74, 6) is 0. The molecule has 1 fully saturated rings. The Labute approximate surface area is 57.8 Å². The lowest BCUT2D eigenvalue weighted by Gasteiger charge is -2.15. The summed E-state index contributed by atoms with van der Waals surface area (Å²) in [5.41, 5.74) is 0. The largest absolute Gasteiger partial charge is 0.662 e. The van der Waals surface area contributed by atoms with Gasteiger partial charge in [0.1, 0.15) is 0 Å². The number of nitrogens with zero attached hydrogens (tertiary/aromatic N) is 1. The molecule has 1 nitrogen and oxygen atoms in total. The zero-order chi connectivity index (χ0) is 6.36. The van der Waals surface area contributed by atoms with E-state index >= 15 is 0 Å². The third-order valence-corrected chi connectivity index (χ3v) is 1.88. The molecule has 0 aromatic heterocycles. The van der Waals surface area contributed by atoms with Gasteiger partial charge in [-0.1, -0.05) is 38.5 Å². The van der Waals surface area contributed by atoms with Gasteiger partial charge in [0.2, 0.25) is 0 Å². The monoisotopic (exact) mass is 126 g/mol. The van der Waals surface area contributed by atoms with Gasteiger partial charge in [0, 0.05) is 0 Å². The molecule has 1 aliphatic rings. The second kappa shape index (κ2) is 4.80. The maximum Gasteiger partial charge on any atom is -0.0534 e. The van der Waals surface area contributed by atoms with Crippen molar-refractivity contribution in [1.82, 2.24) is 0 Å². The highest BCUT2D eigenvalue weighted by Gasteiger charge is 1.89. The molecule has 0 unspecified atom stereocenters. The topological polar surface area (TPSA) is 14.1 Å². The Morgan fingerprint density at radius 1 is 0.556 bits per heavy atom. The van der Waals surface area contributed by atoms with E-state index in [-0.39, 0.29) is 0 Å². The Hall–Kier alpha value is -0.0400. The molecule has 1 rings (SSSR count). The van der Waals surface area contributed by atoms with Crippen molar-refractivity contribution in [2.75, 3.05) is 13.1 Å². The zero-order valence-corrected chi connectivity index (χ0v) is 6.10. The first-order valence-corrected chi connectivity index (χ1v) is 4.13. The molecule has 9 heavy (non-hydrogen) atoms. The van der Waals surface area contributed by atoms with E-state index in [1.165, 1.54) is 38.5 Å². The SMILES string of the molecule is C1CCCC[N-]CCC1. The summed E-state index contributed by atoms with van der Waals surface area (Å²) in [4.78, 5) is 0. The average molecular weight is 126 g/mol. The van der Waals surface area contributed by atoms with Crippen molar-refractivity contribution in [3.63, 3.8) is 0 Å². The minimum absolute atomic E-state index is 1.12. The first-order chi connectivity index (χ1) is 4.50. The molecule has 1 heteroatoms. The van der Waals surface area contributed by atoms with Gasteiger partial charge < -0.3 is 5.32 Å². The molecule has 0 aromatic rings. The molecule has 0 aromatic carbocycles. The van der Waals surface area contributed by atoms with Crippen LogP contribution in [0.4, 0.5) is 0 Å². The third-order valence-electron chi connectivity index (χ3n) is 1.88. The molecule has 0 atom stereocenters. The smallest absolute Gasteiger partial charge is 0.0534 e. The Kier molecular flexibility index (Phi) is 3.77. The highest BCUT2D eigenvalue weighted by molar-refractivity contribution is 4.79. The maximum absolute atomic E-state index is 4.39. The fourth-order valence-corrected chi connectivity index (χ4v) is 1.27. The molecular weight excluding hydrogens is 110 g/mol. The Balaban J connectivity index is 2.02. The molecule has 0 amide bonds. The standard InChI is InChI=1S/C8H16N/c1-2-4-6-8-9-7-5-3-1/h1-8H2/q-1. The minimum Gasteiger partial charge on any atom is -0.662 e. The van der Waals surface area contributed by atoms with Crippen LogP contribution in [0.3, 0.4) is 0 Å². The highest BCUT2D eigenvalue weighted by atomic mass is 14.8. The van der Waals surface area contributed by atoms with E-state index in [0.29, 0.717) is 0 Å². The van der Waals surface area contributed by atoms with Crippen molar-refractivity contribution in [3.8, 4) is 0 Å². The summed E-state index contributed by atoms with van der Waals surface area (Å²) in [6, 6.07) is 0. The van der Waals surface area contributed by atoms with Gasteiger partial charge in [-0.05, 0) is 0 Å². The van der Waals surface area contributed by atoms with E-state index in [1.54, 1.807) is 0 Å². The van der Waals surface area contributed by atoms with Crippen LogP contribution in [0.1, 0.15) is 38.5 Å². The molecule has 0 radical (unpaired) electrons. The van der Waals surface area contributed by atoms with Crippen LogP contribution < -0.4 is 0 Å². The normalized spacial score (nSPS) is 24.0. The summed E-state index contributed by atoms with van der Waals surface area (Å²) in [7, 11) is 0. The van der Waals surface area contributed by atoms with E-state index in [9.17, 15) is 0 Å². The molecule has 1 aliphatic heterocycles. The molecule has 1 saturated heterocycles. The molecule has 0 aliphatic carbocycles. The summed E-state index contributed by atoms with van der Waals surface area (Å²) in [5, 5.41) is 4.39. The van der Waals surface area contributed by atoms with Crippen LogP contribution in [0.2, 0.25) is 0 Å². The Morgan fingerprint density at radius 3 is 1.56 bits per heavy atom. The van der Waals surface area contributed by atoms with E-state index in [4.69, 9.17) is 0 Å². The van der Waals surface area contributed by atoms with Gasteiger partial charge >= 0.3 is 0 Å². The maximum atomic E-state index is 4.39. The van der Waals surface area contributed by atoms with Crippen molar-refractivity contribution in [3.05, 3.63) is 5.32 Å². The van der Waals surface area contributed by atoms with E-state index in [1.807, 2.05) is 0 Å². The van der Waals surface area contributed by atoms with Gasteiger partial charge in [0.25, 0.3) is 0 Å². The highest BCUT2D eigenvalue weighted by Crippen LogP contribution is 2.10. The van der Waals surface area contributed by atoms with Gasteiger partial charge in [-0.3, -0.25) is 0 Å². The lowest BCUT2D eigenvalue weighted by Crippen LogP contribution is -1.85. The molecular formula is C8H16N-. The summed E-state index contributed by atoms with van der Waals surface area (Å²) in [6.07, 6.45) is 8.36. The number of hydrogen-bond donors (Lipinski definition) is 0. The van der Waals surface area contributed by atoms with Crippen LogP contribution in [-0.2, 0) is 0 Å². The minimum atomic E-state index is 1.12. The summed E-state index contributed by atoms with van der Waals surface area (Å²) >= 11 is 0. The summed E-state index contributed by atoms with van der Waals surface area (Å²) in [6.45, 7) is 2.25. The zero-order valence-electron chi connectivity index (χ0n) is 6.10. The van der Waals surface area contributed by atoms with Crippen LogP contribution in [0, 0.1) is 0 Å². The molecule has 0 spiro atoms. The van der Waals surface area contributed by atoms with Crippen molar-refractivity contribution in [2.45, 2.75) is 38.5 Å². The van der Waals surface area contributed by atoms with Gasteiger partial charge in [0.05, 0.1) is 0 Å². The van der Waals surface area contributed by atoms with Gasteiger partial charge in [-0.15, -0.1) is 13.1 Å². The van der Waals surface area contributed by atoms with Crippen LogP contribution in [0.25, 0.3) is 5.32 Å². The first kappa shape index (κ1) is 7.07. The average Bonchev–Trinajstić information content (AvgIpc) is 2.00. The van der Waals surface area contributed by atoms with Gasteiger partial charge in [-0.2, -0.15) is 0 Å². The van der Waals surface area contributed by atoms with Crippen molar-refractivity contribution in [1.29, 1.82) is 0 Å². The van der Waals surface area contributed by atoms with E-state index in [2.05, 4.69) is 5.32 Å². The van der Waals surface area contributed by atoms with Gasteiger partial charge in [0.15, 0.2) is 0 Å². The molecule has 0 bridgehead atoms. The number of hydrogen-bond acceptors (Lipinski definition) is 0. The molecule has 1 heterocycles. The van der Waals surface area contributed by atoms with Crippen LogP contribution >= 0.6 is 0 Å². The van der Waals surface area contributed by atoms with Crippen molar-refractivity contribution < 1.29 is 0 Å². The third kappa shape index (κ3) is 3.52. The van der Waals surface area contributed by atoms with Crippen LogP contribution in [-0.4, -0.2) is 13.1 Å². The predicted octanol–water partition coefficient (Wildman–Crippen LogP) is 2.71. The Bertz CT molecular complexity index is 33.1. The van der Waals surface area contributed by atoms with Crippen LogP contribution in [0.15, 0.2) is 0 Å². The lowest BCUT2D eigenvalue weighted by atomic mass is 10.1. The van der Waals surface area contributed by atoms with E-state index < -0.39 is 0 Å². The molecule has 54 valence electrons. The quantitative estimate of drug-likeness (QED) is 0.474. The number of rotatable bonds is 0. The molecule has 0 N–H and O–H groups in total. The van der Waals surface area contributed by atoms with Crippen LogP contribution in [0.5, 0.6) is 0 Å². The fraction of sp³-hybridized carbons (Fsp3) is 1.00. The molecule has 0 saturated carbocycles. The van der Waals surface area contributed by atoms with Crippen molar-refractivity contribution >= 4 is 0 Å². The van der Waals surface area contributed by atoms with Crippen molar-refractivity contribution in [2.24, 2.45) is 0 Å². The Morgan fingerprint density at radius 2 is 1.00 bits per heavy atom. The second-order valence-corrected chi connectivity index (χ2v) is 2.79. The van der Waals surface area contributed by atoms with Gasteiger partial charge in [-0.25, -0.2) is 0 Å². The lowest BCUT2D eigenvalue weighted by molar-refractivity contribution is 0.636. The first-order valence-electron chi connectivity index (χ1n) is 4.13. The fourth-order valence-electron chi connectivity index (χ4n) is 1.27. The second-order valence-electron chi connectivity index (χ2n) is 2.79. The predicted molar refractivity (Wildman–Crippen MR) is 40.8 cm³/mol. The summed E-state index contributed by atoms with van der Waals surface area (Å²) < 4.78 is 0.